The van der Waals surface area contributed by atoms with E-state index in [1.165, 1.54) is 15.5 Å². The molecule has 0 bridgehead atoms. The Bertz CT molecular complexity index is 2480. The number of hydrogen-bond acceptors (Lipinski definition) is 5. The van der Waals surface area contributed by atoms with Gasteiger partial charge >= 0.3 is 0 Å². The molecule has 0 saturated carbocycles. The van der Waals surface area contributed by atoms with E-state index in [1.807, 2.05) is 43.0 Å². The minimum Gasteiger partial charge on any atom is -0.309 e. The van der Waals surface area contributed by atoms with E-state index >= 15 is 0 Å². The monoisotopic (exact) mass is 607 g/mol. The number of pyridine rings is 3. The molecule has 0 saturated heterocycles. The lowest BCUT2D eigenvalue weighted by atomic mass is 10.0. The summed E-state index contributed by atoms with van der Waals surface area (Å²) >= 11 is 1.73. The largest absolute Gasteiger partial charge is 0.309 e. The minimum atomic E-state index is 0.921. The fourth-order valence-electron chi connectivity index (χ4n) is 6.21. The summed E-state index contributed by atoms with van der Waals surface area (Å²) in [6, 6.07) is 42.6. The van der Waals surface area contributed by atoms with Crippen LogP contribution >= 0.6 is 11.3 Å². The Morgan fingerprint density at radius 2 is 1.26 bits per heavy atom. The molecule has 5 aromatic heterocycles. The number of nitrogens with zero attached hydrogens (tertiary/aromatic N) is 5. The molecular formula is C40H25N5S. The first-order valence-corrected chi connectivity index (χ1v) is 15.9. The topological polar surface area (TPSA) is 56.5 Å². The number of rotatable bonds is 5. The fraction of sp³-hybridized carbons (Fsp3) is 0. The van der Waals surface area contributed by atoms with Crippen molar-refractivity contribution in [2.45, 2.75) is 0 Å². The molecule has 0 radical (unpaired) electrons. The van der Waals surface area contributed by atoms with Gasteiger partial charge in [0.05, 0.1) is 26.9 Å². The van der Waals surface area contributed by atoms with Crippen molar-refractivity contribution in [2.24, 2.45) is 0 Å². The Morgan fingerprint density at radius 1 is 0.500 bits per heavy atom. The highest BCUT2D eigenvalue weighted by atomic mass is 32.1. The van der Waals surface area contributed by atoms with E-state index in [4.69, 9.17) is 9.97 Å². The predicted octanol–water partition coefficient (Wildman–Crippen LogP) is 10.2. The quantitative estimate of drug-likeness (QED) is 0.195. The van der Waals surface area contributed by atoms with E-state index in [1.54, 1.807) is 17.5 Å². The van der Waals surface area contributed by atoms with E-state index in [2.05, 4.69) is 118 Å². The van der Waals surface area contributed by atoms with Crippen LogP contribution in [0, 0.1) is 0 Å². The molecule has 0 unspecified atom stereocenters. The molecule has 5 nitrogen and oxygen atoms in total. The summed E-state index contributed by atoms with van der Waals surface area (Å²) in [4.78, 5) is 18.4. The first-order valence-electron chi connectivity index (χ1n) is 15.1. The van der Waals surface area contributed by atoms with Crippen LogP contribution in [0.15, 0.2) is 152 Å². The second-order valence-corrected chi connectivity index (χ2v) is 12.3. The molecule has 0 aliphatic heterocycles. The van der Waals surface area contributed by atoms with Crippen molar-refractivity contribution in [1.82, 2.24) is 24.5 Å². The lowest BCUT2D eigenvalue weighted by molar-refractivity contribution is 1.18. The van der Waals surface area contributed by atoms with Gasteiger partial charge in [0, 0.05) is 75.3 Å². The van der Waals surface area contributed by atoms with Crippen molar-refractivity contribution in [3.05, 3.63) is 152 Å². The fourth-order valence-corrected chi connectivity index (χ4v) is 7.18. The number of para-hydroxylation sites is 1. The summed E-state index contributed by atoms with van der Waals surface area (Å²) < 4.78 is 3.55. The van der Waals surface area contributed by atoms with Crippen molar-refractivity contribution in [1.29, 1.82) is 0 Å². The van der Waals surface area contributed by atoms with Crippen LogP contribution in [-0.4, -0.2) is 24.5 Å². The molecule has 5 heterocycles. The Morgan fingerprint density at radius 3 is 2.04 bits per heavy atom. The zero-order valence-electron chi connectivity index (χ0n) is 24.6. The molecule has 0 atom stereocenters. The average Bonchev–Trinajstić information content (AvgIpc) is 3.71. The zero-order chi connectivity index (χ0) is 30.5. The van der Waals surface area contributed by atoms with Crippen molar-refractivity contribution >= 4 is 43.4 Å². The second kappa shape index (κ2) is 10.9. The summed E-state index contributed by atoms with van der Waals surface area (Å²) in [7, 11) is 0. The van der Waals surface area contributed by atoms with Gasteiger partial charge in [-0.15, -0.1) is 11.3 Å². The van der Waals surface area contributed by atoms with E-state index in [0.29, 0.717) is 0 Å². The number of thiazole rings is 1. The lowest BCUT2D eigenvalue weighted by Crippen LogP contribution is -1.95. The Kier molecular flexibility index (Phi) is 6.25. The number of benzene rings is 4. The lowest BCUT2D eigenvalue weighted by Gasteiger charge is -2.11. The molecule has 4 aromatic carbocycles. The first kappa shape index (κ1) is 26.4. The third-order valence-electron chi connectivity index (χ3n) is 8.46. The van der Waals surface area contributed by atoms with Gasteiger partial charge < -0.3 is 4.57 Å². The van der Waals surface area contributed by atoms with Gasteiger partial charge in [0.1, 0.15) is 5.01 Å². The molecular weight excluding hydrogens is 583 g/mol. The Hall–Kier alpha value is -5.98. The molecule has 0 N–H and O–H groups in total. The first-order chi connectivity index (χ1) is 22.8. The SMILES string of the molecule is c1cncc(-c2ccc(-c3cccc(-n4c5ccc(-c6cccnc6)cc5c5ccc(-c6nc7ccccc7s6)cc54)c3)nc2)c1. The molecule has 0 aliphatic rings. The number of fused-ring (bicyclic) bond motifs is 4. The van der Waals surface area contributed by atoms with Gasteiger partial charge in [0.15, 0.2) is 0 Å². The minimum absolute atomic E-state index is 0.921. The zero-order valence-corrected chi connectivity index (χ0v) is 25.4. The van der Waals surface area contributed by atoms with Gasteiger partial charge in [-0.3, -0.25) is 15.0 Å². The van der Waals surface area contributed by atoms with Crippen LogP contribution in [0.1, 0.15) is 0 Å². The van der Waals surface area contributed by atoms with E-state index in [9.17, 15) is 0 Å². The van der Waals surface area contributed by atoms with Crippen molar-refractivity contribution in [2.75, 3.05) is 0 Å². The van der Waals surface area contributed by atoms with Gasteiger partial charge in [-0.1, -0.05) is 60.7 Å². The maximum Gasteiger partial charge on any atom is 0.124 e. The third kappa shape index (κ3) is 4.55. The predicted molar refractivity (Wildman–Crippen MR) is 189 cm³/mol. The molecule has 9 rings (SSSR count). The molecule has 216 valence electrons. The maximum atomic E-state index is 4.97. The van der Waals surface area contributed by atoms with Crippen LogP contribution < -0.4 is 0 Å². The Labute approximate surface area is 269 Å². The smallest absolute Gasteiger partial charge is 0.124 e. The highest BCUT2D eigenvalue weighted by Crippen LogP contribution is 2.39. The summed E-state index contributed by atoms with van der Waals surface area (Å²) in [6.45, 7) is 0. The van der Waals surface area contributed by atoms with Gasteiger partial charge in [-0.2, -0.15) is 0 Å². The summed E-state index contributed by atoms with van der Waals surface area (Å²) in [5, 5.41) is 3.40. The summed E-state index contributed by atoms with van der Waals surface area (Å²) in [5.74, 6) is 0. The molecule has 6 heteroatoms. The van der Waals surface area contributed by atoms with E-state index < -0.39 is 0 Å². The molecule has 0 aliphatic carbocycles. The van der Waals surface area contributed by atoms with Crippen LogP contribution in [0.4, 0.5) is 0 Å². The van der Waals surface area contributed by atoms with Gasteiger partial charge in [0.25, 0.3) is 0 Å². The summed E-state index contributed by atoms with van der Waals surface area (Å²) in [5.41, 5.74) is 11.8. The van der Waals surface area contributed by atoms with Crippen LogP contribution in [0.5, 0.6) is 0 Å². The summed E-state index contributed by atoms with van der Waals surface area (Å²) in [6.07, 6.45) is 9.30. The molecule has 9 aromatic rings. The van der Waals surface area contributed by atoms with Gasteiger partial charge in [0.2, 0.25) is 0 Å². The van der Waals surface area contributed by atoms with Crippen LogP contribution in [0.25, 0.3) is 81.8 Å². The third-order valence-corrected chi connectivity index (χ3v) is 9.55. The number of hydrogen-bond donors (Lipinski definition) is 0. The normalized spacial score (nSPS) is 11.5. The maximum absolute atomic E-state index is 4.97. The molecule has 0 fully saturated rings. The van der Waals surface area contributed by atoms with E-state index in [-0.39, 0.29) is 0 Å². The molecule has 46 heavy (non-hydrogen) atoms. The Balaban J connectivity index is 1.22. The van der Waals surface area contributed by atoms with Gasteiger partial charge in [-0.25, -0.2) is 4.98 Å². The van der Waals surface area contributed by atoms with Crippen molar-refractivity contribution in [3.63, 3.8) is 0 Å². The standard InChI is InChI=1S/C40H25N5S/c1-2-11-39-36(10-1)44-40(46-39)28-12-15-33-34-21-26(29-7-4-18-41-23-29)14-17-37(34)45(38(33)22-28)32-9-3-6-27(20-32)35-16-13-31(25-43-35)30-8-5-19-42-24-30/h1-25H. The highest BCUT2D eigenvalue weighted by Gasteiger charge is 2.17. The second-order valence-electron chi connectivity index (χ2n) is 11.3. The van der Waals surface area contributed by atoms with Crippen LogP contribution in [0.3, 0.4) is 0 Å². The number of aromatic nitrogens is 5. The van der Waals surface area contributed by atoms with E-state index in [0.717, 1.165) is 66.3 Å². The molecule has 0 amide bonds. The van der Waals surface area contributed by atoms with Crippen molar-refractivity contribution in [3.8, 4) is 49.8 Å². The molecule has 0 spiro atoms. The van der Waals surface area contributed by atoms with Gasteiger partial charge in [-0.05, 0) is 66.2 Å². The highest BCUT2D eigenvalue weighted by molar-refractivity contribution is 7.21. The van der Waals surface area contributed by atoms with Crippen LogP contribution in [-0.2, 0) is 0 Å². The van der Waals surface area contributed by atoms with Crippen molar-refractivity contribution < 1.29 is 0 Å². The average molecular weight is 608 g/mol. The van der Waals surface area contributed by atoms with Crippen LogP contribution in [0.2, 0.25) is 0 Å².